The van der Waals surface area contributed by atoms with Gasteiger partial charge in [0.15, 0.2) is 0 Å². The van der Waals surface area contributed by atoms with Crippen molar-refractivity contribution in [2.24, 2.45) is 0 Å². The molecule has 4 aromatic heterocycles. The van der Waals surface area contributed by atoms with Crippen LogP contribution in [0.2, 0.25) is 0 Å². The first-order chi connectivity index (χ1) is 64.4. The molecular formula is C107H109BBrF8N8O14. The minimum Gasteiger partial charge on any atom is -0.544 e. The van der Waals surface area contributed by atoms with Crippen molar-refractivity contribution in [2.75, 3.05) is 42.7 Å². The molecule has 12 aromatic carbocycles. The summed E-state index contributed by atoms with van der Waals surface area (Å²) in [4.78, 5) is 47.2. The Hall–Kier alpha value is -15.2. The maximum Gasteiger partial charge on any atom is 0.568 e. The van der Waals surface area contributed by atoms with Gasteiger partial charge in [0.1, 0.15) is 115 Å². The summed E-state index contributed by atoms with van der Waals surface area (Å²) in [6.07, 6.45) is 4.54. The Bertz CT molecular complexity index is 7200. The fraction of sp³-hybridized carbons (Fsp3) is 0.215. The van der Waals surface area contributed by atoms with E-state index in [2.05, 4.69) is 67.1 Å². The van der Waals surface area contributed by atoms with Crippen molar-refractivity contribution in [1.29, 1.82) is 0 Å². The number of hydrogen-bond donors (Lipinski definition) is 3. The highest BCUT2D eigenvalue weighted by atomic mass is 79.9. The van der Waals surface area contributed by atoms with Crippen LogP contribution >= 0.6 is 15.9 Å². The van der Waals surface area contributed by atoms with Gasteiger partial charge in [-0.1, -0.05) is 177 Å². The van der Waals surface area contributed by atoms with Crippen LogP contribution < -0.4 is 14.2 Å². The second-order valence-corrected chi connectivity index (χ2v) is 31.1. The zero-order chi connectivity index (χ0) is 96.8. The summed E-state index contributed by atoms with van der Waals surface area (Å²) < 4.78 is 161. The number of fused-ring (bicyclic) bond motifs is 4. The number of carboxylic acid groups (broad SMARTS) is 1. The Morgan fingerprint density at radius 3 is 0.950 bits per heavy atom. The molecule has 727 valence electrons. The number of phenols is 1. The van der Waals surface area contributed by atoms with Crippen molar-refractivity contribution in [3.05, 3.63) is 348 Å². The van der Waals surface area contributed by atoms with E-state index in [0.717, 1.165) is 110 Å². The van der Waals surface area contributed by atoms with Crippen LogP contribution in [0.25, 0.3) is 94.7 Å². The summed E-state index contributed by atoms with van der Waals surface area (Å²) in [6, 6.07) is 51.0. The smallest absolute Gasteiger partial charge is 0.544 e. The number of esters is 3. The third kappa shape index (κ3) is 23.4. The zero-order valence-electron chi connectivity index (χ0n) is 74.7. The predicted octanol–water partition coefficient (Wildman–Crippen LogP) is 25.5. The number of aryl methyl sites for hydroxylation is 6. The van der Waals surface area contributed by atoms with Gasteiger partial charge in [-0.2, -0.15) is 20.4 Å². The Morgan fingerprint density at radius 1 is 0.388 bits per heavy atom. The van der Waals surface area contributed by atoms with E-state index in [1.165, 1.54) is 90.7 Å². The molecule has 0 amide bonds. The Kier molecular flexibility index (Phi) is 39.1. The highest BCUT2D eigenvalue weighted by Crippen LogP contribution is 2.43. The molecule has 4 heterocycles. The third-order valence-corrected chi connectivity index (χ3v) is 23.3. The molecule has 139 heavy (non-hydrogen) atoms. The van der Waals surface area contributed by atoms with E-state index in [9.17, 15) is 41.8 Å². The molecule has 0 aliphatic heterocycles. The molecule has 0 aliphatic rings. The topological polar surface area (TPSA) is 265 Å². The molecule has 0 aliphatic carbocycles. The fourth-order valence-electron chi connectivity index (χ4n) is 15.7. The standard InChI is InChI=1S/C26H24F2N2O3.C26H22F2N2O3.C24H19BrF2N2O3.C24H20F2N2O3.C2H4BO2.5CH4/c2*1-5-16-9-6-8-15(2)19(16)14-30-22-11-7-10-20(27)24(22)25(29-30)17-13-23(32-3)18(12-21(17)28)26(31)33-4;1-13-6-4-7-17(25)16(13)12-29-20-9-5-8-18(26)22(20)23(28-29)14-11-21(31-2)15(10-19(14)27)24(30)32-3;1-3-14-7-4-6-13(2)17(14)12-28-20-9-5-8-18(25)22(20)23(27-28)15-11-21(29)16(24(30)31)10-19(15)26;1-2-5-3-4;;;;;/h6-13H,5,14H2,1-4H3;5-13H,1,14H2,2-4H3;4-11H,12H2,1-3H3;4-11,29H,3,12H2,1-2H3,(H,30,31);2,4H,1H2;5*1H4. The summed E-state index contributed by atoms with van der Waals surface area (Å²) >= 11 is 3.56. The van der Waals surface area contributed by atoms with Crippen LogP contribution in [-0.2, 0) is 57.9 Å². The van der Waals surface area contributed by atoms with Crippen LogP contribution in [0.3, 0.4) is 0 Å². The number of carbonyl (C=O) groups excluding carboxylic acids is 3. The number of aromatic nitrogens is 8. The fourth-order valence-corrected chi connectivity index (χ4v) is 16.3. The molecule has 0 bridgehead atoms. The molecule has 22 nitrogen and oxygen atoms in total. The first-order valence-electron chi connectivity index (χ1n) is 41.4. The molecule has 0 atom stereocenters. The molecular weight excluding hydrogens is 1860 g/mol. The molecule has 0 spiro atoms. The van der Waals surface area contributed by atoms with Crippen LogP contribution in [0, 0.1) is 74.2 Å². The van der Waals surface area contributed by atoms with E-state index in [1.54, 1.807) is 73.3 Å². The second kappa shape index (κ2) is 49.0. The van der Waals surface area contributed by atoms with E-state index in [0.29, 0.717) is 55.9 Å². The zero-order valence-corrected chi connectivity index (χ0v) is 76.3. The Morgan fingerprint density at radius 2 is 0.669 bits per heavy atom. The van der Waals surface area contributed by atoms with Gasteiger partial charge in [-0.3, -0.25) is 18.7 Å². The summed E-state index contributed by atoms with van der Waals surface area (Å²) in [5, 5.41) is 45.8. The van der Waals surface area contributed by atoms with E-state index in [-0.39, 0.29) is 138 Å². The molecule has 16 aromatic rings. The average Bonchev–Trinajstić information content (AvgIpc) is 1.59. The van der Waals surface area contributed by atoms with Gasteiger partial charge in [-0.15, -0.1) is 0 Å². The first-order valence-corrected chi connectivity index (χ1v) is 42.2. The van der Waals surface area contributed by atoms with Crippen molar-refractivity contribution in [3.63, 3.8) is 0 Å². The normalized spacial score (nSPS) is 10.5. The first kappa shape index (κ1) is 111. The summed E-state index contributed by atoms with van der Waals surface area (Å²) in [7, 11) is 8.24. The largest absolute Gasteiger partial charge is 0.568 e. The number of nitrogens with zero attached hydrogens (tertiary/aromatic N) is 8. The number of halogens is 9. The average molecular weight is 1970 g/mol. The molecule has 1 radical (unpaired) electrons. The van der Waals surface area contributed by atoms with Gasteiger partial charge in [-0.25, -0.2) is 54.3 Å². The molecule has 0 saturated heterocycles. The van der Waals surface area contributed by atoms with Gasteiger partial charge in [0, 0.05) is 26.7 Å². The van der Waals surface area contributed by atoms with Gasteiger partial charge in [0.25, 0.3) is 0 Å². The van der Waals surface area contributed by atoms with E-state index < -0.39 is 81.7 Å². The maximum atomic E-state index is 15.2. The van der Waals surface area contributed by atoms with Crippen molar-refractivity contribution >= 4 is 97.2 Å². The van der Waals surface area contributed by atoms with E-state index in [1.807, 2.05) is 101 Å². The van der Waals surface area contributed by atoms with Crippen LogP contribution in [0.15, 0.2) is 218 Å². The molecule has 16 rings (SSSR count). The molecule has 0 saturated carbocycles. The van der Waals surface area contributed by atoms with Crippen molar-refractivity contribution in [3.8, 4) is 68.0 Å². The second-order valence-electron chi connectivity index (χ2n) is 30.2. The number of ether oxygens (including phenoxy) is 6. The number of rotatable bonds is 24. The van der Waals surface area contributed by atoms with Crippen LogP contribution in [-0.4, -0.2) is 129 Å². The Balaban J connectivity index is 0.000000245. The minimum atomic E-state index is -1.46. The monoisotopic (exact) mass is 1970 g/mol. The van der Waals surface area contributed by atoms with Gasteiger partial charge in [0.05, 0.1) is 119 Å². The van der Waals surface area contributed by atoms with Gasteiger partial charge in [-0.05, 0) is 205 Å². The van der Waals surface area contributed by atoms with Crippen molar-refractivity contribution in [1.82, 2.24) is 39.1 Å². The molecule has 0 unspecified atom stereocenters. The van der Waals surface area contributed by atoms with Crippen LogP contribution in [0.4, 0.5) is 35.1 Å². The highest BCUT2D eigenvalue weighted by molar-refractivity contribution is 9.10. The van der Waals surface area contributed by atoms with Crippen molar-refractivity contribution in [2.45, 2.75) is 118 Å². The third-order valence-electron chi connectivity index (χ3n) is 22.5. The van der Waals surface area contributed by atoms with E-state index in [4.69, 9.17) is 38.6 Å². The number of carboxylic acids is 1. The number of hydrogen-bond acceptors (Lipinski definition) is 17. The number of aromatic carboxylic acids is 1. The van der Waals surface area contributed by atoms with Gasteiger partial charge in [0.2, 0.25) is 0 Å². The number of methoxy groups -OCH3 is 6. The number of benzene rings is 12. The van der Waals surface area contributed by atoms with Crippen LogP contribution in [0.5, 0.6) is 23.0 Å². The lowest BCUT2D eigenvalue weighted by Crippen LogP contribution is -2.07. The highest BCUT2D eigenvalue weighted by Gasteiger charge is 2.30. The van der Waals surface area contributed by atoms with Gasteiger partial charge < -0.3 is 48.3 Å². The van der Waals surface area contributed by atoms with Crippen molar-refractivity contribution < 1.29 is 103 Å². The van der Waals surface area contributed by atoms with Gasteiger partial charge >= 0.3 is 31.6 Å². The lowest BCUT2D eigenvalue weighted by Gasteiger charge is -2.12. The summed E-state index contributed by atoms with van der Waals surface area (Å²) in [5.41, 5.74) is 13.2. The maximum absolute atomic E-state index is 15.2. The minimum absolute atomic E-state index is 0. The summed E-state index contributed by atoms with van der Waals surface area (Å²) in [5.74, 6) is -9.22. The van der Waals surface area contributed by atoms with E-state index >= 15 is 17.6 Å². The Labute approximate surface area is 810 Å². The summed E-state index contributed by atoms with van der Waals surface area (Å²) in [6.45, 7) is 20.6. The lowest BCUT2D eigenvalue weighted by molar-refractivity contribution is 0.0587. The quantitative estimate of drug-likeness (QED) is 0.0167. The molecule has 32 heteroatoms. The number of aromatic hydroxyl groups is 1. The molecule has 0 fully saturated rings. The number of carbonyl (C=O) groups is 4. The molecule has 3 N–H and O–H groups in total. The predicted molar refractivity (Wildman–Crippen MR) is 533 cm³/mol. The van der Waals surface area contributed by atoms with Crippen LogP contribution in [0.1, 0.15) is 154 Å². The lowest BCUT2D eigenvalue weighted by atomic mass is 10.00. The SMILES string of the molecule is C.C.C.C.C.C=CO[B]O.C=Cc1cccc(C)c1Cn1nc(-c2cc(OC)c(C(=O)OC)cc2F)c2c(F)cccc21.CCc1cccc(C)c1Cn1nc(-c2cc(O)c(C(=O)O)cc2F)c2c(F)cccc21.CCc1cccc(C)c1Cn1nc(-c2cc(OC)c(C(=O)OC)cc2F)c2c(F)cccc21.COC(=O)c1cc(F)c(-c2nn(Cc3c(C)cccc3Br)c3cccc(F)c23)cc1OC.